The van der Waals surface area contributed by atoms with Gasteiger partial charge in [0.15, 0.2) is 0 Å². The van der Waals surface area contributed by atoms with Crippen LogP contribution in [-0.2, 0) is 10.0 Å². The Balaban J connectivity index is 1.58. The molecule has 0 spiro atoms. The summed E-state index contributed by atoms with van der Waals surface area (Å²) in [5.74, 6) is -1.30. The van der Waals surface area contributed by atoms with E-state index in [0.717, 1.165) is 12.1 Å². The molecule has 2 aromatic rings. The van der Waals surface area contributed by atoms with Gasteiger partial charge in [-0.25, -0.2) is 26.9 Å². The molecule has 1 N–H and O–H groups in total. The number of halogens is 2. The first kappa shape index (κ1) is 17.8. The van der Waals surface area contributed by atoms with Crippen molar-refractivity contribution in [3.05, 3.63) is 54.2 Å². The zero-order valence-electron chi connectivity index (χ0n) is 13.4. The van der Waals surface area contributed by atoms with Gasteiger partial charge in [0.2, 0.25) is 15.9 Å². The van der Waals surface area contributed by atoms with Crippen LogP contribution in [-0.4, -0.2) is 25.5 Å². The van der Waals surface area contributed by atoms with Crippen molar-refractivity contribution in [2.45, 2.75) is 42.7 Å². The second-order valence-electron chi connectivity index (χ2n) is 5.99. The number of ether oxygens (including phenoxy) is 1. The Morgan fingerprint density at radius 2 is 1.72 bits per heavy atom. The summed E-state index contributed by atoms with van der Waals surface area (Å²) in [6.07, 6.45) is 4.11. The number of nitrogens with zero attached hydrogens (tertiary/aromatic N) is 1. The highest BCUT2D eigenvalue weighted by Crippen LogP contribution is 2.24. The molecule has 1 aromatic carbocycles. The summed E-state index contributed by atoms with van der Waals surface area (Å²) in [6, 6.07) is 7.36. The van der Waals surface area contributed by atoms with Crippen molar-refractivity contribution in [1.82, 2.24) is 9.71 Å². The van der Waals surface area contributed by atoms with E-state index in [-0.39, 0.29) is 12.1 Å². The van der Waals surface area contributed by atoms with Crippen LogP contribution in [0.25, 0.3) is 0 Å². The molecule has 5 nitrogen and oxygen atoms in total. The van der Waals surface area contributed by atoms with Crippen molar-refractivity contribution in [3.63, 3.8) is 0 Å². The summed E-state index contributed by atoms with van der Waals surface area (Å²) in [6.45, 7) is 0. The monoisotopic (exact) mass is 368 g/mol. The van der Waals surface area contributed by atoms with Crippen LogP contribution >= 0.6 is 0 Å². The van der Waals surface area contributed by atoms with Crippen LogP contribution in [0.2, 0.25) is 0 Å². The number of nitrogens with one attached hydrogen (secondary N) is 1. The second kappa shape index (κ2) is 7.45. The van der Waals surface area contributed by atoms with E-state index in [1.165, 1.54) is 0 Å². The normalized spacial score (nSPS) is 21.0. The average Bonchev–Trinajstić information content (AvgIpc) is 2.56. The lowest BCUT2D eigenvalue weighted by molar-refractivity contribution is 0.138. The van der Waals surface area contributed by atoms with Crippen LogP contribution in [0.3, 0.4) is 0 Å². The maximum atomic E-state index is 13.2. The summed E-state index contributed by atoms with van der Waals surface area (Å²) in [4.78, 5) is 3.70. The molecule has 1 aromatic heterocycles. The lowest BCUT2D eigenvalue weighted by atomic mass is 9.94. The van der Waals surface area contributed by atoms with Gasteiger partial charge >= 0.3 is 0 Å². The fourth-order valence-electron chi connectivity index (χ4n) is 2.86. The number of hydrogen-bond donors (Lipinski definition) is 1. The van der Waals surface area contributed by atoms with Gasteiger partial charge in [-0.2, -0.15) is 0 Å². The first-order valence-electron chi connectivity index (χ1n) is 7.98. The molecule has 0 aliphatic heterocycles. The quantitative estimate of drug-likeness (QED) is 0.881. The zero-order valence-corrected chi connectivity index (χ0v) is 14.2. The fraction of sp³-hybridized carbons (Fsp3) is 0.353. The Morgan fingerprint density at radius 3 is 2.32 bits per heavy atom. The Labute approximate surface area is 145 Å². The molecule has 1 heterocycles. The summed E-state index contributed by atoms with van der Waals surface area (Å²) >= 11 is 0. The molecule has 0 amide bonds. The molecule has 0 radical (unpaired) electrons. The number of sulfonamides is 1. The highest BCUT2D eigenvalue weighted by Gasteiger charge is 2.27. The number of benzene rings is 1. The molecular weight excluding hydrogens is 350 g/mol. The summed E-state index contributed by atoms with van der Waals surface area (Å²) < 4.78 is 59.3. The maximum Gasteiger partial charge on any atom is 0.241 e. The third-order valence-electron chi connectivity index (χ3n) is 4.07. The number of aromatic nitrogens is 1. The van der Waals surface area contributed by atoms with Gasteiger partial charge in [0.1, 0.15) is 17.7 Å². The van der Waals surface area contributed by atoms with E-state index in [1.807, 2.05) is 6.07 Å². The minimum Gasteiger partial charge on any atom is -0.474 e. The van der Waals surface area contributed by atoms with Gasteiger partial charge < -0.3 is 4.74 Å². The van der Waals surface area contributed by atoms with E-state index in [4.69, 9.17) is 4.74 Å². The standard InChI is InChI=1S/C17H18F2N2O3S/c18-12-9-13(19)11-16(10-12)25(22,23)21-14-4-6-15(7-5-14)24-17-3-1-2-8-20-17/h1-3,8-11,14-15,21H,4-7H2. The minimum atomic E-state index is -3.96. The van der Waals surface area contributed by atoms with E-state index in [2.05, 4.69) is 9.71 Å². The van der Waals surface area contributed by atoms with Gasteiger partial charge in [-0.05, 0) is 43.9 Å². The maximum absolute atomic E-state index is 13.2. The van der Waals surface area contributed by atoms with E-state index < -0.39 is 26.6 Å². The molecule has 1 saturated carbocycles. The largest absolute Gasteiger partial charge is 0.474 e. The topological polar surface area (TPSA) is 68.3 Å². The number of hydrogen-bond acceptors (Lipinski definition) is 4. The van der Waals surface area contributed by atoms with E-state index >= 15 is 0 Å². The molecule has 1 fully saturated rings. The van der Waals surface area contributed by atoms with Crippen LogP contribution in [0.15, 0.2) is 47.5 Å². The van der Waals surface area contributed by atoms with Gasteiger partial charge in [-0.1, -0.05) is 6.07 Å². The van der Waals surface area contributed by atoms with Crippen molar-refractivity contribution in [2.75, 3.05) is 0 Å². The van der Waals surface area contributed by atoms with Gasteiger partial charge in [-0.3, -0.25) is 0 Å². The minimum absolute atomic E-state index is 0.0257. The molecule has 1 aliphatic carbocycles. The zero-order chi connectivity index (χ0) is 17.9. The Bertz CT molecular complexity index is 803. The van der Waals surface area contributed by atoms with E-state index in [0.29, 0.717) is 37.6 Å². The second-order valence-corrected chi connectivity index (χ2v) is 7.70. The summed E-state index contributed by atoms with van der Waals surface area (Å²) in [5.41, 5.74) is 0. The highest BCUT2D eigenvalue weighted by molar-refractivity contribution is 7.89. The molecule has 1 aliphatic rings. The van der Waals surface area contributed by atoms with Crippen molar-refractivity contribution >= 4 is 10.0 Å². The average molecular weight is 368 g/mol. The predicted molar refractivity (Wildman–Crippen MR) is 87.6 cm³/mol. The predicted octanol–water partition coefficient (Wildman–Crippen LogP) is 3.03. The lowest BCUT2D eigenvalue weighted by Gasteiger charge is -2.29. The Hall–Kier alpha value is -2.06. The third-order valence-corrected chi connectivity index (χ3v) is 5.57. The molecule has 3 rings (SSSR count). The summed E-state index contributed by atoms with van der Waals surface area (Å²) in [5, 5.41) is 0. The molecule has 134 valence electrons. The van der Waals surface area contributed by atoms with Gasteiger partial charge in [0, 0.05) is 24.4 Å². The molecular formula is C17H18F2N2O3S. The van der Waals surface area contributed by atoms with Crippen molar-refractivity contribution in [1.29, 1.82) is 0 Å². The molecule has 0 unspecified atom stereocenters. The molecule has 0 saturated heterocycles. The van der Waals surface area contributed by atoms with Gasteiger partial charge in [0.05, 0.1) is 4.90 Å². The molecule has 8 heteroatoms. The van der Waals surface area contributed by atoms with Crippen LogP contribution in [0.4, 0.5) is 8.78 Å². The van der Waals surface area contributed by atoms with Crippen LogP contribution in [0, 0.1) is 11.6 Å². The lowest BCUT2D eigenvalue weighted by Crippen LogP contribution is -2.39. The summed E-state index contributed by atoms with van der Waals surface area (Å²) in [7, 11) is -3.96. The third kappa shape index (κ3) is 4.73. The van der Waals surface area contributed by atoms with Crippen molar-refractivity contribution < 1.29 is 21.9 Å². The number of pyridine rings is 1. The number of rotatable bonds is 5. The highest BCUT2D eigenvalue weighted by atomic mass is 32.2. The van der Waals surface area contributed by atoms with Gasteiger partial charge in [-0.15, -0.1) is 0 Å². The SMILES string of the molecule is O=S(=O)(NC1CCC(Oc2ccccn2)CC1)c1cc(F)cc(F)c1. The van der Waals surface area contributed by atoms with Gasteiger partial charge in [0.25, 0.3) is 0 Å². The van der Waals surface area contributed by atoms with E-state index in [9.17, 15) is 17.2 Å². The first-order chi connectivity index (χ1) is 11.9. The van der Waals surface area contributed by atoms with Crippen LogP contribution in [0.1, 0.15) is 25.7 Å². The smallest absolute Gasteiger partial charge is 0.241 e. The Morgan fingerprint density at radius 1 is 1.04 bits per heavy atom. The van der Waals surface area contributed by atoms with Crippen LogP contribution in [0.5, 0.6) is 5.88 Å². The molecule has 0 atom stereocenters. The van der Waals surface area contributed by atoms with Crippen molar-refractivity contribution in [3.8, 4) is 5.88 Å². The fourth-order valence-corrected chi connectivity index (χ4v) is 4.20. The first-order valence-corrected chi connectivity index (χ1v) is 9.47. The Kier molecular flexibility index (Phi) is 5.29. The molecule has 0 bridgehead atoms. The van der Waals surface area contributed by atoms with E-state index in [1.54, 1.807) is 18.3 Å². The molecule has 25 heavy (non-hydrogen) atoms. The van der Waals surface area contributed by atoms with Crippen molar-refractivity contribution in [2.24, 2.45) is 0 Å². The van der Waals surface area contributed by atoms with Crippen LogP contribution < -0.4 is 9.46 Å².